The monoisotopic (exact) mass is 395 g/mol. The Morgan fingerprint density at radius 3 is 2.07 bits per heavy atom. The Kier molecular flexibility index (Phi) is 5.39. The van der Waals surface area contributed by atoms with Gasteiger partial charge in [0.15, 0.2) is 5.78 Å². The summed E-state index contributed by atoms with van der Waals surface area (Å²) in [5, 5.41) is 2.77. The van der Waals surface area contributed by atoms with Crippen LogP contribution in [-0.2, 0) is 4.79 Å². The number of Topliss-reactive ketones (excluding diaryl/α,β-unsaturated/α-hetero) is 1. The third-order valence-electron chi connectivity index (χ3n) is 5.95. The fourth-order valence-corrected chi connectivity index (χ4v) is 4.30. The SMILES string of the molecule is CCC1(CC)NC(=O)N(CC(=O)c2cc(C)n(-c3cc(C)cc(C)c3)c2C)C1=O. The third-order valence-corrected chi connectivity index (χ3v) is 5.95. The molecule has 3 rings (SSSR count). The van der Waals surface area contributed by atoms with Crippen molar-refractivity contribution < 1.29 is 14.4 Å². The Morgan fingerprint density at radius 1 is 0.966 bits per heavy atom. The van der Waals surface area contributed by atoms with Gasteiger partial charge >= 0.3 is 6.03 Å². The summed E-state index contributed by atoms with van der Waals surface area (Å²) in [6.07, 6.45) is 1.000. The van der Waals surface area contributed by atoms with Crippen molar-refractivity contribution in [2.24, 2.45) is 0 Å². The van der Waals surface area contributed by atoms with Crippen molar-refractivity contribution in [1.29, 1.82) is 0 Å². The number of urea groups is 1. The van der Waals surface area contributed by atoms with Crippen LogP contribution >= 0.6 is 0 Å². The van der Waals surface area contributed by atoms with Crippen molar-refractivity contribution in [3.8, 4) is 5.69 Å². The number of rotatable bonds is 6. The third kappa shape index (κ3) is 3.48. The summed E-state index contributed by atoms with van der Waals surface area (Å²) in [4.78, 5) is 39.3. The van der Waals surface area contributed by atoms with Crippen LogP contribution in [0.4, 0.5) is 4.79 Å². The number of carbonyl (C=O) groups is 3. The van der Waals surface area contributed by atoms with E-state index in [0.717, 1.165) is 33.1 Å². The van der Waals surface area contributed by atoms with Gasteiger partial charge in [-0.15, -0.1) is 0 Å². The van der Waals surface area contributed by atoms with Crippen LogP contribution in [0.5, 0.6) is 0 Å². The van der Waals surface area contributed by atoms with Crippen molar-refractivity contribution in [3.63, 3.8) is 0 Å². The van der Waals surface area contributed by atoms with Crippen LogP contribution in [0.2, 0.25) is 0 Å². The molecule has 6 nitrogen and oxygen atoms in total. The van der Waals surface area contributed by atoms with E-state index in [1.807, 2.05) is 52.2 Å². The number of hydrogen-bond donors (Lipinski definition) is 1. The second-order valence-corrected chi connectivity index (χ2v) is 8.00. The minimum Gasteiger partial charge on any atom is -0.323 e. The number of imide groups is 1. The van der Waals surface area contributed by atoms with E-state index in [0.29, 0.717) is 18.4 Å². The van der Waals surface area contributed by atoms with Gasteiger partial charge < -0.3 is 9.88 Å². The molecule has 0 aliphatic carbocycles. The van der Waals surface area contributed by atoms with Gasteiger partial charge in [0, 0.05) is 22.6 Å². The summed E-state index contributed by atoms with van der Waals surface area (Å²) in [5.41, 5.74) is 4.68. The number of hydrogen-bond acceptors (Lipinski definition) is 3. The molecule has 1 saturated heterocycles. The van der Waals surface area contributed by atoms with E-state index in [4.69, 9.17) is 0 Å². The fourth-order valence-electron chi connectivity index (χ4n) is 4.30. The molecule has 2 aromatic rings. The molecule has 6 heteroatoms. The standard InChI is InChI=1S/C23H29N3O3/c1-7-23(8-2)21(28)25(22(29)24-23)13-20(27)19-12-16(5)26(17(19)6)18-10-14(3)9-15(4)11-18/h9-12H,7-8,13H2,1-6H3,(H,24,29). The molecule has 29 heavy (non-hydrogen) atoms. The minimum absolute atomic E-state index is 0.236. The lowest BCUT2D eigenvalue weighted by Gasteiger charge is -2.22. The highest BCUT2D eigenvalue weighted by atomic mass is 16.2. The Balaban J connectivity index is 1.92. The minimum atomic E-state index is -0.895. The lowest BCUT2D eigenvalue weighted by Crippen LogP contribution is -2.46. The molecule has 154 valence electrons. The Bertz CT molecular complexity index is 979. The van der Waals surface area contributed by atoms with Gasteiger partial charge in [0.2, 0.25) is 0 Å². The molecule has 1 aromatic heterocycles. The van der Waals surface area contributed by atoms with Crippen LogP contribution in [0.3, 0.4) is 0 Å². The predicted octanol–water partition coefficient (Wildman–Crippen LogP) is 4.00. The molecule has 0 radical (unpaired) electrons. The van der Waals surface area contributed by atoms with Gasteiger partial charge in [-0.3, -0.25) is 14.5 Å². The van der Waals surface area contributed by atoms with Gasteiger partial charge in [0.05, 0.1) is 6.54 Å². The lowest BCUT2D eigenvalue weighted by atomic mass is 9.93. The molecule has 1 fully saturated rings. The van der Waals surface area contributed by atoms with Gasteiger partial charge in [-0.25, -0.2) is 4.79 Å². The van der Waals surface area contributed by atoms with Gasteiger partial charge in [-0.1, -0.05) is 19.9 Å². The van der Waals surface area contributed by atoms with Crippen LogP contribution in [0, 0.1) is 27.7 Å². The number of nitrogens with zero attached hydrogens (tertiary/aromatic N) is 2. The number of amides is 3. The molecule has 0 unspecified atom stereocenters. The first-order valence-corrected chi connectivity index (χ1v) is 10.1. The largest absolute Gasteiger partial charge is 0.325 e. The van der Waals surface area contributed by atoms with E-state index in [1.165, 1.54) is 0 Å². The van der Waals surface area contributed by atoms with E-state index in [-0.39, 0.29) is 18.2 Å². The van der Waals surface area contributed by atoms with E-state index in [2.05, 4.69) is 23.5 Å². The summed E-state index contributed by atoms with van der Waals surface area (Å²) >= 11 is 0. The highest BCUT2D eigenvalue weighted by molar-refractivity contribution is 6.11. The molecule has 0 spiro atoms. The summed E-state index contributed by atoms with van der Waals surface area (Å²) < 4.78 is 2.04. The maximum atomic E-state index is 13.0. The van der Waals surface area contributed by atoms with Crippen LogP contribution in [0.25, 0.3) is 5.69 Å². The van der Waals surface area contributed by atoms with Crippen molar-refractivity contribution in [3.05, 3.63) is 52.3 Å². The zero-order chi connectivity index (χ0) is 21.5. The fraction of sp³-hybridized carbons (Fsp3) is 0.435. The summed E-state index contributed by atoms with van der Waals surface area (Å²) in [6.45, 7) is 11.4. The van der Waals surface area contributed by atoms with E-state index in [9.17, 15) is 14.4 Å². The molecule has 2 heterocycles. The number of benzene rings is 1. The molecule has 1 aliphatic rings. The van der Waals surface area contributed by atoms with E-state index in [1.54, 1.807) is 0 Å². The molecule has 3 amide bonds. The van der Waals surface area contributed by atoms with Crippen LogP contribution in [0.15, 0.2) is 24.3 Å². The molecule has 0 atom stereocenters. The average Bonchev–Trinajstić information content (AvgIpc) is 3.08. The van der Waals surface area contributed by atoms with Crippen molar-refractivity contribution in [2.75, 3.05) is 6.54 Å². The quantitative estimate of drug-likeness (QED) is 0.593. The Hall–Kier alpha value is -2.89. The summed E-state index contributed by atoms with van der Waals surface area (Å²) in [6, 6.07) is 7.61. The van der Waals surface area contributed by atoms with Gasteiger partial charge in [0.1, 0.15) is 5.54 Å². The van der Waals surface area contributed by atoms with Crippen molar-refractivity contribution >= 4 is 17.7 Å². The number of ketones is 1. The highest BCUT2D eigenvalue weighted by Crippen LogP contribution is 2.27. The molecule has 1 aliphatic heterocycles. The van der Waals surface area contributed by atoms with Crippen molar-refractivity contribution in [1.82, 2.24) is 14.8 Å². The average molecular weight is 396 g/mol. The normalized spacial score (nSPS) is 15.7. The van der Waals surface area contributed by atoms with Gasteiger partial charge in [-0.2, -0.15) is 0 Å². The molecular weight excluding hydrogens is 366 g/mol. The second-order valence-electron chi connectivity index (χ2n) is 8.00. The second kappa shape index (κ2) is 7.50. The zero-order valence-electron chi connectivity index (χ0n) is 18.0. The topological polar surface area (TPSA) is 71.4 Å². The molecular formula is C23H29N3O3. The summed E-state index contributed by atoms with van der Waals surface area (Å²) in [7, 11) is 0. The Labute approximate surface area is 171 Å². The first-order chi connectivity index (χ1) is 13.6. The maximum Gasteiger partial charge on any atom is 0.325 e. The zero-order valence-corrected chi connectivity index (χ0v) is 18.0. The number of aryl methyl sites for hydroxylation is 3. The van der Waals surface area contributed by atoms with E-state index < -0.39 is 11.6 Å². The molecule has 1 aromatic carbocycles. The molecule has 1 N–H and O–H groups in total. The maximum absolute atomic E-state index is 13.0. The van der Waals surface area contributed by atoms with Gasteiger partial charge in [0.25, 0.3) is 5.91 Å². The Morgan fingerprint density at radius 2 is 1.55 bits per heavy atom. The predicted molar refractivity (Wildman–Crippen MR) is 113 cm³/mol. The van der Waals surface area contributed by atoms with Crippen LogP contribution < -0.4 is 5.32 Å². The number of carbonyl (C=O) groups excluding carboxylic acids is 3. The van der Waals surface area contributed by atoms with Crippen molar-refractivity contribution in [2.45, 2.75) is 59.9 Å². The molecule has 0 saturated carbocycles. The first kappa shape index (κ1) is 20.8. The highest BCUT2D eigenvalue weighted by Gasteiger charge is 2.49. The first-order valence-electron chi connectivity index (χ1n) is 10.1. The lowest BCUT2D eigenvalue weighted by molar-refractivity contribution is -0.131. The summed E-state index contributed by atoms with van der Waals surface area (Å²) in [5.74, 6) is -0.552. The van der Waals surface area contributed by atoms with E-state index >= 15 is 0 Å². The van der Waals surface area contributed by atoms with Gasteiger partial charge in [-0.05, 0) is 69.9 Å². The van der Waals surface area contributed by atoms with Crippen LogP contribution in [-0.4, -0.2) is 39.3 Å². The number of nitrogens with one attached hydrogen (secondary N) is 1. The number of aromatic nitrogens is 1. The van der Waals surface area contributed by atoms with Crippen LogP contribution in [0.1, 0.15) is 59.6 Å². The molecule has 0 bridgehead atoms. The smallest absolute Gasteiger partial charge is 0.323 e.